The van der Waals surface area contributed by atoms with Gasteiger partial charge in [0.05, 0.1) is 12.6 Å². The van der Waals surface area contributed by atoms with Crippen LogP contribution in [0.2, 0.25) is 0 Å². The molecule has 3 rings (SSSR count). The lowest BCUT2D eigenvalue weighted by Crippen LogP contribution is -2.31. The molecule has 1 aliphatic rings. The quantitative estimate of drug-likeness (QED) is 0.875. The average molecular weight is 339 g/mol. The number of cyclic esters (lactones) is 1. The van der Waals surface area contributed by atoms with Crippen molar-refractivity contribution in [2.45, 2.75) is 19.5 Å². The first kappa shape index (κ1) is 16.8. The fourth-order valence-electron chi connectivity index (χ4n) is 2.73. The first-order chi connectivity index (χ1) is 12.1. The van der Waals surface area contributed by atoms with Crippen LogP contribution in [0.5, 0.6) is 0 Å². The Morgan fingerprint density at radius 1 is 1.20 bits per heavy atom. The molecule has 2 N–H and O–H groups in total. The Balaban J connectivity index is 1.58. The molecule has 0 bridgehead atoms. The number of benzene rings is 2. The molecular weight excluding hydrogens is 318 g/mol. The number of rotatable bonds is 5. The highest BCUT2D eigenvalue weighted by atomic mass is 16.6. The van der Waals surface area contributed by atoms with Crippen LogP contribution in [0.3, 0.4) is 0 Å². The maximum atomic E-state index is 12.2. The molecule has 3 amide bonds. The summed E-state index contributed by atoms with van der Waals surface area (Å²) >= 11 is 0. The van der Waals surface area contributed by atoms with Gasteiger partial charge in [0.25, 0.3) is 0 Å². The molecule has 0 saturated carbocycles. The smallest absolute Gasteiger partial charge is 0.410 e. The standard InChI is InChI=1S/C19H21N3O3/c1-14(16-7-3-2-4-8-16)20-18(23)21-17-9-5-6-15(12-17)13-22-10-11-25-19(22)24/h2-9,12,14H,10-11,13H2,1H3,(H2,20,21,23). The molecule has 130 valence electrons. The van der Waals surface area contributed by atoms with Crippen LogP contribution in [-0.4, -0.2) is 30.2 Å². The summed E-state index contributed by atoms with van der Waals surface area (Å²) in [4.78, 5) is 25.4. The second-order valence-electron chi connectivity index (χ2n) is 5.97. The van der Waals surface area contributed by atoms with Gasteiger partial charge in [-0.15, -0.1) is 0 Å². The highest BCUT2D eigenvalue weighted by Crippen LogP contribution is 2.16. The Morgan fingerprint density at radius 3 is 2.72 bits per heavy atom. The van der Waals surface area contributed by atoms with Gasteiger partial charge in [-0.3, -0.25) is 0 Å². The van der Waals surface area contributed by atoms with E-state index in [4.69, 9.17) is 4.74 Å². The molecule has 1 saturated heterocycles. The number of carbonyl (C=O) groups is 2. The Hall–Kier alpha value is -3.02. The second kappa shape index (κ2) is 7.70. The van der Waals surface area contributed by atoms with Crippen LogP contribution in [0.4, 0.5) is 15.3 Å². The fraction of sp³-hybridized carbons (Fsp3) is 0.263. The maximum Gasteiger partial charge on any atom is 0.410 e. The highest BCUT2D eigenvalue weighted by molar-refractivity contribution is 5.89. The van der Waals surface area contributed by atoms with Gasteiger partial charge in [-0.1, -0.05) is 42.5 Å². The van der Waals surface area contributed by atoms with Crippen molar-refractivity contribution in [2.75, 3.05) is 18.5 Å². The summed E-state index contributed by atoms with van der Waals surface area (Å²) in [5.74, 6) is 0. The number of urea groups is 1. The van der Waals surface area contributed by atoms with E-state index in [2.05, 4.69) is 10.6 Å². The molecule has 2 aromatic rings. The zero-order valence-corrected chi connectivity index (χ0v) is 14.1. The molecular formula is C19H21N3O3. The molecule has 6 heteroatoms. The van der Waals surface area contributed by atoms with Crippen LogP contribution in [0, 0.1) is 0 Å². The van der Waals surface area contributed by atoms with Crippen molar-refractivity contribution in [2.24, 2.45) is 0 Å². The number of ether oxygens (including phenoxy) is 1. The summed E-state index contributed by atoms with van der Waals surface area (Å²) in [6.45, 7) is 3.42. The Morgan fingerprint density at radius 2 is 2.00 bits per heavy atom. The number of anilines is 1. The minimum Gasteiger partial charge on any atom is -0.448 e. The Bertz CT molecular complexity index is 749. The normalized spacial score (nSPS) is 14.8. The number of amides is 3. The summed E-state index contributed by atoms with van der Waals surface area (Å²) in [6.07, 6.45) is -0.298. The first-order valence-electron chi connectivity index (χ1n) is 8.25. The van der Waals surface area contributed by atoms with Crippen molar-refractivity contribution in [1.82, 2.24) is 10.2 Å². The molecule has 2 aromatic carbocycles. The molecule has 1 unspecified atom stereocenters. The lowest BCUT2D eigenvalue weighted by molar-refractivity contribution is 0.157. The van der Waals surface area contributed by atoms with E-state index in [-0.39, 0.29) is 18.2 Å². The van der Waals surface area contributed by atoms with Crippen molar-refractivity contribution >= 4 is 17.8 Å². The molecule has 1 atom stereocenters. The van der Waals surface area contributed by atoms with E-state index in [1.165, 1.54) is 0 Å². The van der Waals surface area contributed by atoms with Gasteiger partial charge >= 0.3 is 12.1 Å². The van der Waals surface area contributed by atoms with E-state index in [0.29, 0.717) is 25.4 Å². The Labute approximate surface area is 146 Å². The lowest BCUT2D eigenvalue weighted by atomic mass is 10.1. The third-order valence-corrected chi connectivity index (χ3v) is 4.05. The van der Waals surface area contributed by atoms with Gasteiger partial charge in [0.15, 0.2) is 0 Å². The molecule has 25 heavy (non-hydrogen) atoms. The molecule has 0 radical (unpaired) electrons. The van der Waals surface area contributed by atoms with Crippen LogP contribution in [-0.2, 0) is 11.3 Å². The van der Waals surface area contributed by atoms with Gasteiger partial charge in [-0.25, -0.2) is 9.59 Å². The maximum absolute atomic E-state index is 12.2. The predicted molar refractivity (Wildman–Crippen MR) is 95.2 cm³/mol. The van der Waals surface area contributed by atoms with Gasteiger partial charge in [-0.2, -0.15) is 0 Å². The zero-order chi connectivity index (χ0) is 17.6. The van der Waals surface area contributed by atoms with Gasteiger partial charge in [-0.05, 0) is 30.2 Å². The summed E-state index contributed by atoms with van der Waals surface area (Å²) in [5.41, 5.74) is 2.66. The SMILES string of the molecule is CC(NC(=O)Nc1cccc(CN2CCOC2=O)c1)c1ccccc1. The fourth-order valence-corrected chi connectivity index (χ4v) is 2.73. The first-order valence-corrected chi connectivity index (χ1v) is 8.25. The summed E-state index contributed by atoms with van der Waals surface area (Å²) < 4.78 is 4.93. The minimum atomic E-state index is -0.298. The van der Waals surface area contributed by atoms with Gasteiger partial charge in [0.2, 0.25) is 0 Å². The van der Waals surface area contributed by atoms with Gasteiger partial charge in [0.1, 0.15) is 6.61 Å². The molecule has 1 fully saturated rings. The Kier molecular flexibility index (Phi) is 5.18. The van der Waals surface area contributed by atoms with Crippen LogP contribution in [0.15, 0.2) is 54.6 Å². The van der Waals surface area contributed by atoms with Gasteiger partial charge in [0, 0.05) is 12.2 Å². The second-order valence-corrected chi connectivity index (χ2v) is 5.97. The monoisotopic (exact) mass is 339 g/mol. The molecule has 0 aliphatic carbocycles. The molecule has 1 heterocycles. The molecule has 1 aliphatic heterocycles. The van der Waals surface area contributed by atoms with Gasteiger partial charge < -0.3 is 20.3 Å². The van der Waals surface area contributed by atoms with Crippen molar-refractivity contribution in [3.8, 4) is 0 Å². The van der Waals surface area contributed by atoms with E-state index in [1.807, 2.05) is 61.5 Å². The number of nitrogens with one attached hydrogen (secondary N) is 2. The minimum absolute atomic E-state index is 0.0937. The lowest BCUT2D eigenvalue weighted by Gasteiger charge is -2.16. The van der Waals surface area contributed by atoms with Crippen molar-refractivity contribution < 1.29 is 14.3 Å². The summed E-state index contributed by atoms with van der Waals surface area (Å²) in [5, 5.41) is 5.74. The van der Waals surface area contributed by atoms with Crippen molar-refractivity contribution in [1.29, 1.82) is 0 Å². The number of carbonyl (C=O) groups excluding carboxylic acids is 2. The zero-order valence-electron chi connectivity index (χ0n) is 14.1. The van der Waals surface area contributed by atoms with Crippen molar-refractivity contribution in [3.05, 3.63) is 65.7 Å². The molecule has 6 nitrogen and oxygen atoms in total. The highest BCUT2D eigenvalue weighted by Gasteiger charge is 2.21. The van der Waals surface area contributed by atoms with E-state index in [9.17, 15) is 9.59 Å². The molecule has 0 aromatic heterocycles. The van der Waals surface area contributed by atoms with Crippen LogP contribution in [0.25, 0.3) is 0 Å². The third kappa shape index (κ3) is 4.50. The van der Waals surface area contributed by atoms with E-state index < -0.39 is 0 Å². The summed E-state index contributed by atoms with van der Waals surface area (Å²) in [6, 6.07) is 16.9. The average Bonchev–Trinajstić information content (AvgIpc) is 3.00. The van der Waals surface area contributed by atoms with E-state index >= 15 is 0 Å². The number of nitrogens with zero attached hydrogens (tertiary/aromatic N) is 1. The van der Waals surface area contributed by atoms with Crippen molar-refractivity contribution in [3.63, 3.8) is 0 Å². The topological polar surface area (TPSA) is 70.7 Å². The molecule has 0 spiro atoms. The van der Waals surface area contributed by atoms with Crippen LogP contribution >= 0.6 is 0 Å². The van der Waals surface area contributed by atoms with E-state index in [0.717, 1.165) is 11.1 Å². The van der Waals surface area contributed by atoms with Crippen LogP contribution < -0.4 is 10.6 Å². The predicted octanol–water partition coefficient (Wildman–Crippen LogP) is 3.52. The van der Waals surface area contributed by atoms with Crippen LogP contribution in [0.1, 0.15) is 24.1 Å². The van der Waals surface area contributed by atoms with E-state index in [1.54, 1.807) is 4.90 Å². The summed E-state index contributed by atoms with van der Waals surface area (Å²) in [7, 11) is 0. The largest absolute Gasteiger partial charge is 0.448 e. The third-order valence-electron chi connectivity index (χ3n) is 4.05. The number of hydrogen-bond acceptors (Lipinski definition) is 3. The number of hydrogen-bond donors (Lipinski definition) is 2.